The minimum Gasteiger partial charge on any atom is -0.480 e. The molecule has 5 nitrogen and oxygen atoms in total. The van der Waals surface area contributed by atoms with Gasteiger partial charge in [-0.15, -0.1) is 0 Å². The fourth-order valence-corrected chi connectivity index (χ4v) is 5.46. The molecule has 2 aromatic carbocycles. The summed E-state index contributed by atoms with van der Waals surface area (Å²) in [6.45, 7) is 3.40. The second-order valence-corrected chi connectivity index (χ2v) is 10.6. The van der Waals surface area contributed by atoms with E-state index in [1.807, 2.05) is 11.8 Å². The summed E-state index contributed by atoms with van der Waals surface area (Å²) < 4.78 is 7.65. The zero-order chi connectivity index (χ0) is 24.6. The highest BCUT2D eigenvalue weighted by Gasteiger charge is 2.26. The van der Waals surface area contributed by atoms with Crippen molar-refractivity contribution in [2.75, 3.05) is 25.2 Å². The number of aromatic nitrogens is 2. The summed E-state index contributed by atoms with van der Waals surface area (Å²) in [5.74, 6) is 1.20. The van der Waals surface area contributed by atoms with Crippen LogP contribution < -0.4 is 0 Å². The van der Waals surface area contributed by atoms with Crippen molar-refractivity contribution >= 4 is 17.7 Å². The molecular formula is C29H36N2O3S. The standard InChI is InChI=1S/C29H36N2O3S/c1-21-8-14-25(15-9-21)29-28(24-6-4-3-5-7-24)26(16-17-35-2)31(30-29)18-22-10-12-23(13-11-22)19-34-20-27(32)33/h3-9,14-15,22-23H,10-13,16-20H2,1-2H3,(H,32,33). The fraction of sp³-hybridized carbons (Fsp3) is 0.448. The van der Waals surface area contributed by atoms with Gasteiger partial charge in [0.05, 0.1) is 6.61 Å². The number of rotatable bonds is 11. The van der Waals surface area contributed by atoms with E-state index in [4.69, 9.17) is 14.9 Å². The van der Waals surface area contributed by atoms with E-state index in [1.54, 1.807) is 0 Å². The SMILES string of the molecule is CSCCc1c(-c2ccccc2)c(-c2ccc(C)cc2)nn1CC1CCC(COCC(=O)O)CC1. The fourth-order valence-electron chi connectivity index (χ4n) is 5.06. The summed E-state index contributed by atoms with van der Waals surface area (Å²) >= 11 is 1.88. The number of ether oxygens (including phenoxy) is 1. The molecule has 0 spiro atoms. The van der Waals surface area contributed by atoms with Crippen LogP contribution in [0.3, 0.4) is 0 Å². The van der Waals surface area contributed by atoms with Gasteiger partial charge < -0.3 is 9.84 Å². The van der Waals surface area contributed by atoms with Crippen LogP contribution in [0, 0.1) is 18.8 Å². The highest BCUT2D eigenvalue weighted by molar-refractivity contribution is 7.98. The lowest BCUT2D eigenvalue weighted by atomic mass is 9.82. The largest absolute Gasteiger partial charge is 0.480 e. The molecule has 1 saturated carbocycles. The third kappa shape index (κ3) is 6.77. The number of aliphatic carboxylic acids is 1. The van der Waals surface area contributed by atoms with E-state index in [0.717, 1.165) is 55.7 Å². The molecule has 0 unspecified atom stereocenters. The van der Waals surface area contributed by atoms with Crippen LogP contribution in [0.5, 0.6) is 0 Å². The molecule has 186 valence electrons. The van der Waals surface area contributed by atoms with Crippen LogP contribution in [-0.2, 0) is 22.5 Å². The number of carbonyl (C=O) groups is 1. The van der Waals surface area contributed by atoms with Gasteiger partial charge in [-0.1, -0.05) is 60.2 Å². The summed E-state index contributed by atoms with van der Waals surface area (Å²) in [4.78, 5) is 10.7. The number of carboxylic acids is 1. The summed E-state index contributed by atoms with van der Waals surface area (Å²) in [7, 11) is 0. The lowest BCUT2D eigenvalue weighted by Gasteiger charge is -2.28. The number of hydrogen-bond acceptors (Lipinski definition) is 4. The molecule has 1 aliphatic carbocycles. The number of aryl methyl sites for hydroxylation is 1. The number of thioether (sulfide) groups is 1. The van der Waals surface area contributed by atoms with Crippen LogP contribution in [0.4, 0.5) is 0 Å². The van der Waals surface area contributed by atoms with Gasteiger partial charge >= 0.3 is 5.97 Å². The smallest absolute Gasteiger partial charge is 0.329 e. The van der Waals surface area contributed by atoms with E-state index in [0.29, 0.717) is 18.4 Å². The molecule has 6 heteroatoms. The molecule has 0 atom stereocenters. The van der Waals surface area contributed by atoms with Crippen LogP contribution in [0.25, 0.3) is 22.4 Å². The molecule has 0 bridgehead atoms. The molecule has 1 fully saturated rings. The Bertz CT molecular complexity index is 1090. The molecule has 1 N–H and O–H groups in total. The van der Waals surface area contributed by atoms with Crippen LogP contribution in [-0.4, -0.2) is 46.1 Å². The lowest BCUT2D eigenvalue weighted by molar-refractivity contribution is -0.142. The van der Waals surface area contributed by atoms with Crippen LogP contribution in [0.1, 0.15) is 36.9 Å². The maximum atomic E-state index is 10.7. The van der Waals surface area contributed by atoms with E-state index < -0.39 is 5.97 Å². The van der Waals surface area contributed by atoms with E-state index in [9.17, 15) is 4.79 Å². The first-order valence-corrected chi connectivity index (χ1v) is 13.9. The molecule has 3 aromatic rings. The van der Waals surface area contributed by atoms with Gasteiger partial charge in [0.15, 0.2) is 0 Å². The Morgan fingerprint density at radius 1 is 1.03 bits per heavy atom. The van der Waals surface area contributed by atoms with Crippen molar-refractivity contribution < 1.29 is 14.6 Å². The second-order valence-electron chi connectivity index (χ2n) is 9.62. The van der Waals surface area contributed by atoms with Crippen molar-refractivity contribution in [2.45, 2.75) is 45.6 Å². The van der Waals surface area contributed by atoms with Crippen molar-refractivity contribution in [1.29, 1.82) is 0 Å². The predicted octanol–water partition coefficient (Wildman–Crippen LogP) is 6.34. The molecule has 0 radical (unpaired) electrons. The average Bonchev–Trinajstić information content (AvgIpc) is 3.22. The number of nitrogens with zero attached hydrogens (tertiary/aromatic N) is 2. The number of benzene rings is 2. The highest BCUT2D eigenvalue weighted by Crippen LogP contribution is 2.37. The first-order valence-electron chi connectivity index (χ1n) is 12.6. The Kier molecular flexibility index (Phi) is 9.05. The topological polar surface area (TPSA) is 64.4 Å². The van der Waals surface area contributed by atoms with E-state index >= 15 is 0 Å². The van der Waals surface area contributed by atoms with Crippen molar-refractivity contribution in [3.8, 4) is 22.4 Å². The van der Waals surface area contributed by atoms with E-state index in [1.165, 1.54) is 22.4 Å². The maximum Gasteiger partial charge on any atom is 0.329 e. The normalized spacial score (nSPS) is 18.0. The number of carboxylic acid groups (broad SMARTS) is 1. The summed E-state index contributed by atoms with van der Waals surface area (Å²) in [6, 6.07) is 19.4. The minimum atomic E-state index is -0.895. The molecule has 4 rings (SSSR count). The molecule has 35 heavy (non-hydrogen) atoms. The predicted molar refractivity (Wildman–Crippen MR) is 144 cm³/mol. The first kappa shape index (κ1) is 25.5. The van der Waals surface area contributed by atoms with Gasteiger partial charge in [0, 0.05) is 23.4 Å². The average molecular weight is 493 g/mol. The van der Waals surface area contributed by atoms with Gasteiger partial charge in [-0.2, -0.15) is 16.9 Å². The van der Waals surface area contributed by atoms with Crippen LogP contribution >= 0.6 is 11.8 Å². The molecular weight excluding hydrogens is 456 g/mol. The van der Waals surface area contributed by atoms with Gasteiger partial charge in [0.1, 0.15) is 12.3 Å². The molecule has 1 aromatic heterocycles. The Morgan fingerprint density at radius 3 is 2.37 bits per heavy atom. The Morgan fingerprint density at radius 2 is 1.71 bits per heavy atom. The monoisotopic (exact) mass is 492 g/mol. The van der Waals surface area contributed by atoms with E-state index in [2.05, 4.69) is 72.5 Å². The third-order valence-corrected chi connectivity index (χ3v) is 7.58. The van der Waals surface area contributed by atoms with Gasteiger partial charge in [-0.25, -0.2) is 4.79 Å². The molecule has 0 aliphatic heterocycles. The molecule has 0 amide bonds. The van der Waals surface area contributed by atoms with E-state index in [-0.39, 0.29) is 6.61 Å². The van der Waals surface area contributed by atoms with Gasteiger partial charge in [0.2, 0.25) is 0 Å². The van der Waals surface area contributed by atoms with Crippen molar-refractivity contribution in [3.05, 3.63) is 65.9 Å². The minimum absolute atomic E-state index is 0.198. The highest BCUT2D eigenvalue weighted by atomic mass is 32.2. The second kappa shape index (κ2) is 12.4. The first-order chi connectivity index (χ1) is 17.0. The maximum absolute atomic E-state index is 10.7. The molecule has 1 aliphatic rings. The third-order valence-electron chi connectivity index (χ3n) is 6.96. The Labute approximate surface area is 212 Å². The van der Waals surface area contributed by atoms with Gasteiger partial charge in [-0.3, -0.25) is 4.68 Å². The van der Waals surface area contributed by atoms with Crippen LogP contribution in [0.15, 0.2) is 54.6 Å². The van der Waals surface area contributed by atoms with Gasteiger partial charge in [0.25, 0.3) is 0 Å². The summed E-state index contributed by atoms with van der Waals surface area (Å²) in [5.41, 5.74) is 7.30. The van der Waals surface area contributed by atoms with Crippen molar-refractivity contribution in [1.82, 2.24) is 9.78 Å². The Balaban J connectivity index is 1.59. The zero-order valence-electron chi connectivity index (χ0n) is 20.8. The quantitative estimate of drug-likeness (QED) is 0.338. The van der Waals surface area contributed by atoms with Crippen molar-refractivity contribution in [3.63, 3.8) is 0 Å². The van der Waals surface area contributed by atoms with Gasteiger partial charge in [-0.05, 0) is 68.4 Å². The lowest BCUT2D eigenvalue weighted by Crippen LogP contribution is -2.24. The molecule has 0 saturated heterocycles. The van der Waals surface area contributed by atoms with Crippen LogP contribution in [0.2, 0.25) is 0 Å². The van der Waals surface area contributed by atoms with Crippen molar-refractivity contribution in [2.24, 2.45) is 11.8 Å². The number of hydrogen-bond donors (Lipinski definition) is 1. The summed E-state index contributed by atoms with van der Waals surface area (Å²) in [6.07, 6.45) is 7.58. The zero-order valence-corrected chi connectivity index (χ0v) is 21.6. The Hall–Kier alpha value is -2.57. The molecule has 1 heterocycles. The summed E-state index contributed by atoms with van der Waals surface area (Å²) in [5, 5.41) is 14.0.